The summed E-state index contributed by atoms with van der Waals surface area (Å²) >= 11 is 1.77. The molecule has 1 atom stereocenters. The highest BCUT2D eigenvalue weighted by Crippen LogP contribution is 2.33. The van der Waals surface area contributed by atoms with Crippen molar-refractivity contribution in [3.05, 3.63) is 52.2 Å². The molecule has 0 unspecified atom stereocenters. The Hall–Kier alpha value is -1.32. The van der Waals surface area contributed by atoms with E-state index in [4.69, 9.17) is 5.73 Å². The van der Waals surface area contributed by atoms with Gasteiger partial charge in [-0.2, -0.15) is 11.3 Å². The summed E-state index contributed by atoms with van der Waals surface area (Å²) in [7, 11) is 0. The molecule has 1 aliphatic rings. The van der Waals surface area contributed by atoms with Gasteiger partial charge in [0.2, 0.25) is 0 Å². The summed E-state index contributed by atoms with van der Waals surface area (Å²) in [4.78, 5) is 2.52. The fourth-order valence-electron chi connectivity index (χ4n) is 2.37. The molecule has 0 saturated heterocycles. The predicted molar refractivity (Wildman–Crippen MR) is 82.6 cm³/mol. The summed E-state index contributed by atoms with van der Waals surface area (Å²) < 4.78 is 0. The van der Waals surface area contributed by atoms with Crippen LogP contribution in [-0.2, 0) is 6.54 Å². The minimum atomic E-state index is 0.111. The van der Waals surface area contributed by atoms with Gasteiger partial charge in [-0.05, 0) is 59.9 Å². The van der Waals surface area contributed by atoms with Crippen molar-refractivity contribution in [2.45, 2.75) is 38.4 Å². The summed E-state index contributed by atoms with van der Waals surface area (Å²) in [5, 5.41) is 4.39. The van der Waals surface area contributed by atoms with E-state index < -0.39 is 0 Å². The van der Waals surface area contributed by atoms with Gasteiger partial charge < -0.3 is 10.6 Å². The Bertz CT molecular complexity index is 512. The lowest BCUT2D eigenvalue weighted by molar-refractivity contribution is 0.791. The fraction of sp³-hybridized carbons (Fsp3) is 0.375. The van der Waals surface area contributed by atoms with E-state index in [1.807, 2.05) is 6.92 Å². The van der Waals surface area contributed by atoms with Crippen molar-refractivity contribution in [1.29, 1.82) is 0 Å². The molecule has 2 aromatic rings. The number of nitrogens with zero attached hydrogens (tertiary/aromatic N) is 1. The number of thiophene rings is 1. The molecular formula is C16H20N2S. The number of nitrogens with two attached hydrogens (primary N) is 1. The maximum atomic E-state index is 5.91. The predicted octanol–water partition coefficient (Wildman–Crippen LogP) is 3.94. The SMILES string of the molecule is C[C@H](N)c1ccc(N(Cc2ccsc2)C2CC2)cc1. The first-order chi connectivity index (χ1) is 9.24. The van der Waals surface area contributed by atoms with Gasteiger partial charge in [0.15, 0.2) is 0 Å². The van der Waals surface area contributed by atoms with E-state index in [1.165, 1.54) is 29.7 Å². The first kappa shape index (κ1) is 12.7. The van der Waals surface area contributed by atoms with Crippen LogP contribution in [0.3, 0.4) is 0 Å². The topological polar surface area (TPSA) is 29.3 Å². The summed E-state index contributed by atoms with van der Waals surface area (Å²) in [5.74, 6) is 0. The third kappa shape index (κ3) is 2.99. The normalized spacial score (nSPS) is 16.3. The zero-order valence-electron chi connectivity index (χ0n) is 11.3. The molecule has 0 amide bonds. The van der Waals surface area contributed by atoms with Crippen molar-refractivity contribution >= 4 is 17.0 Å². The lowest BCUT2D eigenvalue weighted by atomic mass is 10.1. The Morgan fingerprint density at radius 2 is 2.00 bits per heavy atom. The second-order valence-corrected chi connectivity index (χ2v) is 6.15. The van der Waals surface area contributed by atoms with E-state index >= 15 is 0 Å². The number of anilines is 1. The Morgan fingerprint density at radius 1 is 1.26 bits per heavy atom. The van der Waals surface area contributed by atoms with E-state index in [0.717, 1.165) is 12.6 Å². The molecule has 2 nitrogen and oxygen atoms in total. The molecule has 0 bridgehead atoms. The first-order valence-electron chi connectivity index (χ1n) is 6.87. The van der Waals surface area contributed by atoms with Crippen LogP contribution in [-0.4, -0.2) is 6.04 Å². The second kappa shape index (κ2) is 5.35. The van der Waals surface area contributed by atoms with E-state index in [9.17, 15) is 0 Å². The molecule has 1 aromatic carbocycles. The van der Waals surface area contributed by atoms with Crippen LogP contribution < -0.4 is 10.6 Å². The van der Waals surface area contributed by atoms with Crippen LogP contribution in [0.25, 0.3) is 0 Å². The van der Waals surface area contributed by atoms with Gasteiger partial charge >= 0.3 is 0 Å². The van der Waals surface area contributed by atoms with Crippen molar-refractivity contribution in [3.8, 4) is 0 Å². The Kier molecular flexibility index (Phi) is 3.58. The number of benzene rings is 1. The van der Waals surface area contributed by atoms with Gasteiger partial charge in [0.25, 0.3) is 0 Å². The maximum Gasteiger partial charge on any atom is 0.0440 e. The van der Waals surface area contributed by atoms with Crippen LogP contribution in [0, 0.1) is 0 Å². The Balaban J connectivity index is 1.79. The van der Waals surface area contributed by atoms with Crippen LogP contribution >= 0.6 is 11.3 Å². The van der Waals surface area contributed by atoms with Gasteiger partial charge in [-0.15, -0.1) is 0 Å². The van der Waals surface area contributed by atoms with Gasteiger partial charge in [0, 0.05) is 24.3 Å². The van der Waals surface area contributed by atoms with E-state index in [-0.39, 0.29) is 6.04 Å². The maximum absolute atomic E-state index is 5.91. The van der Waals surface area contributed by atoms with Crippen molar-refractivity contribution in [2.75, 3.05) is 4.90 Å². The molecule has 1 fully saturated rings. The summed E-state index contributed by atoms with van der Waals surface area (Å²) in [5.41, 5.74) is 9.84. The average Bonchev–Trinajstić information content (AvgIpc) is 3.13. The molecule has 3 heteroatoms. The average molecular weight is 272 g/mol. The van der Waals surface area contributed by atoms with Crippen LogP contribution in [0.2, 0.25) is 0 Å². The molecule has 2 N–H and O–H groups in total. The van der Waals surface area contributed by atoms with Crippen LogP contribution in [0.15, 0.2) is 41.1 Å². The van der Waals surface area contributed by atoms with Crippen LogP contribution in [0.4, 0.5) is 5.69 Å². The largest absolute Gasteiger partial charge is 0.364 e. The van der Waals surface area contributed by atoms with Gasteiger partial charge in [0.1, 0.15) is 0 Å². The molecule has 0 aliphatic heterocycles. The molecule has 1 heterocycles. The van der Waals surface area contributed by atoms with Gasteiger partial charge in [-0.3, -0.25) is 0 Å². The molecule has 0 spiro atoms. The standard InChI is InChI=1S/C16H20N2S/c1-12(17)14-2-4-15(5-3-14)18(16-6-7-16)10-13-8-9-19-11-13/h2-5,8-9,11-12,16H,6-7,10,17H2,1H3/t12-/m0/s1. The van der Waals surface area contributed by atoms with Crippen molar-refractivity contribution in [3.63, 3.8) is 0 Å². The first-order valence-corrected chi connectivity index (χ1v) is 7.81. The number of hydrogen-bond donors (Lipinski definition) is 1. The van der Waals surface area contributed by atoms with Crippen LogP contribution in [0.1, 0.15) is 36.9 Å². The molecule has 1 saturated carbocycles. The quantitative estimate of drug-likeness (QED) is 0.893. The smallest absolute Gasteiger partial charge is 0.0440 e. The van der Waals surface area contributed by atoms with Crippen molar-refractivity contribution in [2.24, 2.45) is 5.73 Å². The van der Waals surface area contributed by atoms with E-state index in [2.05, 4.69) is 46.0 Å². The minimum Gasteiger partial charge on any atom is -0.364 e. The molecule has 100 valence electrons. The highest BCUT2D eigenvalue weighted by Gasteiger charge is 2.29. The summed E-state index contributed by atoms with van der Waals surface area (Å²) in [6.45, 7) is 3.05. The van der Waals surface area contributed by atoms with E-state index in [1.54, 1.807) is 11.3 Å². The minimum absolute atomic E-state index is 0.111. The number of rotatable bonds is 5. The molecular weight excluding hydrogens is 252 g/mol. The van der Waals surface area contributed by atoms with Gasteiger partial charge in [-0.25, -0.2) is 0 Å². The summed E-state index contributed by atoms with van der Waals surface area (Å²) in [6.07, 6.45) is 2.64. The van der Waals surface area contributed by atoms with Crippen molar-refractivity contribution < 1.29 is 0 Å². The zero-order valence-corrected chi connectivity index (χ0v) is 12.1. The second-order valence-electron chi connectivity index (χ2n) is 5.37. The molecule has 3 rings (SSSR count). The van der Waals surface area contributed by atoms with Crippen LogP contribution in [0.5, 0.6) is 0 Å². The fourth-order valence-corrected chi connectivity index (χ4v) is 3.03. The molecule has 0 radical (unpaired) electrons. The third-order valence-corrected chi connectivity index (χ3v) is 4.40. The highest BCUT2D eigenvalue weighted by atomic mass is 32.1. The van der Waals surface area contributed by atoms with Crippen molar-refractivity contribution in [1.82, 2.24) is 0 Å². The number of hydrogen-bond acceptors (Lipinski definition) is 3. The Labute approximate surface area is 118 Å². The summed E-state index contributed by atoms with van der Waals surface area (Å²) in [6, 6.07) is 11.8. The third-order valence-electron chi connectivity index (χ3n) is 3.67. The Morgan fingerprint density at radius 3 is 2.53 bits per heavy atom. The lowest BCUT2D eigenvalue weighted by Gasteiger charge is -2.24. The highest BCUT2D eigenvalue weighted by molar-refractivity contribution is 7.07. The van der Waals surface area contributed by atoms with Gasteiger partial charge in [0.05, 0.1) is 0 Å². The molecule has 1 aliphatic carbocycles. The molecule has 19 heavy (non-hydrogen) atoms. The molecule has 1 aromatic heterocycles. The van der Waals surface area contributed by atoms with E-state index in [0.29, 0.717) is 0 Å². The monoisotopic (exact) mass is 272 g/mol. The lowest BCUT2D eigenvalue weighted by Crippen LogP contribution is -2.24. The van der Waals surface area contributed by atoms with Gasteiger partial charge in [-0.1, -0.05) is 12.1 Å². The zero-order chi connectivity index (χ0) is 13.2.